The summed E-state index contributed by atoms with van der Waals surface area (Å²) in [6, 6.07) is 16.0. The fourth-order valence-electron chi connectivity index (χ4n) is 3.41. The van der Waals surface area contributed by atoms with Gasteiger partial charge in [0.1, 0.15) is 5.75 Å². The number of carbonyl (C=O) groups is 1. The zero-order valence-corrected chi connectivity index (χ0v) is 16.3. The lowest BCUT2D eigenvalue weighted by Crippen LogP contribution is -2.44. The van der Waals surface area contributed by atoms with Crippen LogP contribution < -0.4 is 10.1 Å². The van der Waals surface area contributed by atoms with E-state index in [1.54, 1.807) is 7.11 Å². The Morgan fingerprint density at radius 3 is 2.30 bits per heavy atom. The number of hydrogen-bond acceptors (Lipinski definition) is 4. The van der Waals surface area contributed by atoms with Gasteiger partial charge in [-0.1, -0.05) is 42.5 Å². The minimum atomic E-state index is 0.00824. The first-order valence-corrected chi connectivity index (χ1v) is 9.52. The Kier molecular flexibility index (Phi) is 6.85. The number of para-hydroxylation sites is 1. The van der Waals surface area contributed by atoms with Gasteiger partial charge in [-0.05, 0) is 24.2 Å². The van der Waals surface area contributed by atoms with Crippen molar-refractivity contribution in [2.24, 2.45) is 0 Å². The molecule has 1 aliphatic rings. The van der Waals surface area contributed by atoms with Gasteiger partial charge in [-0.3, -0.25) is 9.69 Å². The molecule has 2 aromatic carbocycles. The van der Waals surface area contributed by atoms with Crippen molar-refractivity contribution in [2.75, 3.05) is 40.3 Å². The van der Waals surface area contributed by atoms with E-state index in [1.165, 1.54) is 11.1 Å². The smallest absolute Gasteiger partial charge is 0.224 e. The number of nitrogens with zero attached hydrogens (tertiary/aromatic N) is 2. The predicted molar refractivity (Wildman–Crippen MR) is 108 cm³/mol. The van der Waals surface area contributed by atoms with Crippen molar-refractivity contribution in [3.8, 4) is 5.75 Å². The van der Waals surface area contributed by atoms with Crippen LogP contribution in [0.5, 0.6) is 5.75 Å². The maximum absolute atomic E-state index is 12.4. The number of benzene rings is 2. The SMILES string of the molecule is COc1ccccc1CC(=O)NCc1ccccc1CN1CCN(C)CC1. The van der Waals surface area contributed by atoms with Crippen molar-refractivity contribution in [1.29, 1.82) is 0 Å². The molecule has 1 amide bonds. The Labute approximate surface area is 161 Å². The van der Waals surface area contributed by atoms with Gasteiger partial charge in [0.2, 0.25) is 5.91 Å². The fourth-order valence-corrected chi connectivity index (χ4v) is 3.41. The van der Waals surface area contributed by atoms with Gasteiger partial charge in [0.15, 0.2) is 0 Å². The molecule has 1 N–H and O–H groups in total. The summed E-state index contributed by atoms with van der Waals surface area (Å²) in [5.74, 6) is 0.761. The topological polar surface area (TPSA) is 44.8 Å². The molecule has 0 atom stereocenters. The van der Waals surface area contributed by atoms with Crippen LogP contribution in [0.25, 0.3) is 0 Å². The third-order valence-corrected chi connectivity index (χ3v) is 5.13. The molecule has 0 saturated carbocycles. The second kappa shape index (κ2) is 9.53. The molecule has 144 valence electrons. The summed E-state index contributed by atoms with van der Waals surface area (Å²) in [5, 5.41) is 3.06. The molecule has 0 aliphatic carbocycles. The van der Waals surface area contributed by atoms with E-state index in [0.29, 0.717) is 13.0 Å². The molecule has 0 bridgehead atoms. The molecule has 1 fully saturated rings. The molecular formula is C22H29N3O2. The highest BCUT2D eigenvalue weighted by atomic mass is 16.5. The van der Waals surface area contributed by atoms with Crippen molar-refractivity contribution in [1.82, 2.24) is 15.1 Å². The number of hydrogen-bond donors (Lipinski definition) is 1. The fraction of sp³-hybridized carbons (Fsp3) is 0.409. The third-order valence-electron chi connectivity index (χ3n) is 5.13. The molecule has 0 unspecified atom stereocenters. The molecule has 0 spiro atoms. The summed E-state index contributed by atoms with van der Waals surface area (Å²) in [6.45, 7) is 5.88. The maximum atomic E-state index is 12.4. The van der Waals surface area contributed by atoms with E-state index in [2.05, 4.69) is 40.4 Å². The summed E-state index contributed by atoms with van der Waals surface area (Å²) in [5.41, 5.74) is 3.38. The zero-order valence-electron chi connectivity index (χ0n) is 16.3. The van der Waals surface area contributed by atoms with Gasteiger partial charge in [-0.25, -0.2) is 0 Å². The molecule has 0 radical (unpaired) electrons. The van der Waals surface area contributed by atoms with Crippen molar-refractivity contribution < 1.29 is 9.53 Å². The summed E-state index contributed by atoms with van der Waals surface area (Å²) in [4.78, 5) is 17.3. The third kappa shape index (κ3) is 5.55. The number of rotatable bonds is 7. The van der Waals surface area contributed by atoms with Crippen molar-refractivity contribution in [3.05, 3.63) is 65.2 Å². The Morgan fingerprint density at radius 1 is 0.963 bits per heavy atom. The van der Waals surface area contributed by atoms with E-state index < -0.39 is 0 Å². The highest BCUT2D eigenvalue weighted by Gasteiger charge is 2.15. The minimum absolute atomic E-state index is 0.00824. The van der Waals surface area contributed by atoms with Crippen LogP contribution in [0.3, 0.4) is 0 Å². The molecule has 1 aliphatic heterocycles. The average molecular weight is 367 g/mol. The number of ether oxygens (including phenoxy) is 1. The molecular weight excluding hydrogens is 338 g/mol. The van der Waals surface area contributed by atoms with Crippen LogP contribution in [0.15, 0.2) is 48.5 Å². The molecule has 5 nitrogen and oxygen atoms in total. The summed E-state index contributed by atoms with van der Waals surface area (Å²) in [7, 11) is 3.80. The normalized spacial score (nSPS) is 15.5. The molecule has 3 rings (SSSR count). The molecule has 5 heteroatoms. The lowest BCUT2D eigenvalue weighted by molar-refractivity contribution is -0.120. The summed E-state index contributed by atoms with van der Waals surface area (Å²) < 4.78 is 5.33. The second-order valence-corrected chi connectivity index (χ2v) is 7.11. The summed E-state index contributed by atoms with van der Waals surface area (Å²) in [6.07, 6.45) is 0.324. The number of methoxy groups -OCH3 is 1. The van der Waals surface area contributed by atoms with Gasteiger partial charge < -0.3 is 15.0 Å². The van der Waals surface area contributed by atoms with Crippen LogP contribution in [0.4, 0.5) is 0 Å². The number of likely N-dealkylation sites (N-methyl/N-ethyl adjacent to an activating group) is 1. The quantitative estimate of drug-likeness (QED) is 0.816. The van der Waals surface area contributed by atoms with E-state index in [4.69, 9.17) is 4.74 Å². The Bertz CT molecular complexity index is 755. The predicted octanol–water partition coefficient (Wildman–Crippen LogP) is 2.30. The van der Waals surface area contributed by atoms with Gasteiger partial charge in [0.25, 0.3) is 0 Å². The first-order chi connectivity index (χ1) is 13.2. The number of nitrogens with one attached hydrogen (secondary N) is 1. The van der Waals surface area contributed by atoms with Crippen LogP contribution in [0, 0.1) is 0 Å². The van der Waals surface area contributed by atoms with Gasteiger partial charge in [0.05, 0.1) is 13.5 Å². The van der Waals surface area contributed by atoms with Gasteiger partial charge >= 0.3 is 0 Å². The maximum Gasteiger partial charge on any atom is 0.224 e. The van der Waals surface area contributed by atoms with E-state index in [0.717, 1.165) is 44.0 Å². The van der Waals surface area contributed by atoms with Gasteiger partial charge in [0, 0.05) is 44.8 Å². The van der Waals surface area contributed by atoms with E-state index >= 15 is 0 Å². The molecule has 27 heavy (non-hydrogen) atoms. The first-order valence-electron chi connectivity index (χ1n) is 9.52. The van der Waals surface area contributed by atoms with Crippen LogP contribution in [0.2, 0.25) is 0 Å². The highest BCUT2D eigenvalue weighted by Crippen LogP contribution is 2.18. The zero-order chi connectivity index (χ0) is 19.1. The van der Waals surface area contributed by atoms with E-state index in [-0.39, 0.29) is 5.91 Å². The van der Waals surface area contributed by atoms with Crippen molar-refractivity contribution in [2.45, 2.75) is 19.5 Å². The molecule has 0 aromatic heterocycles. The largest absolute Gasteiger partial charge is 0.496 e. The monoisotopic (exact) mass is 367 g/mol. The average Bonchev–Trinajstić information content (AvgIpc) is 2.69. The molecule has 1 saturated heterocycles. The first kappa shape index (κ1) is 19.4. The Morgan fingerprint density at radius 2 is 1.59 bits per heavy atom. The van der Waals surface area contributed by atoms with Crippen LogP contribution in [0.1, 0.15) is 16.7 Å². The standard InChI is InChI=1S/C22H29N3O2/c1-24-11-13-25(14-12-24)17-20-9-4-3-8-19(20)16-23-22(26)15-18-7-5-6-10-21(18)27-2/h3-10H,11-17H2,1-2H3,(H,23,26). The van der Waals surface area contributed by atoms with Crippen molar-refractivity contribution >= 4 is 5.91 Å². The second-order valence-electron chi connectivity index (χ2n) is 7.11. The number of amides is 1. The highest BCUT2D eigenvalue weighted by molar-refractivity contribution is 5.79. The lowest BCUT2D eigenvalue weighted by atomic mass is 10.1. The van der Waals surface area contributed by atoms with Crippen molar-refractivity contribution in [3.63, 3.8) is 0 Å². The van der Waals surface area contributed by atoms with Crippen LogP contribution in [-0.2, 0) is 24.3 Å². The molecule has 2 aromatic rings. The van der Waals surface area contributed by atoms with Gasteiger partial charge in [-0.2, -0.15) is 0 Å². The Hall–Kier alpha value is -2.37. The van der Waals surface area contributed by atoms with E-state index in [1.807, 2.05) is 30.3 Å². The minimum Gasteiger partial charge on any atom is -0.496 e. The molecule has 1 heterocycles. The van der Waals surface area contributed by atoms with E-state index in [9.17, 15) is 4.79 Å². The lowest BCUT2D eigenvalue weighted by Gasteiger charge is -2.32. The number of carbonyl (C=O) groups excluding carboxylic acids is 1. The summed E-state index contributed by atoms with van der Waals surface area (Å²) >= 11 is 0. The number of piperazine rings is 1. The van der Waals surface area contributed by atoms with Crippen LogP contribution in [-0.4, -0.2) is 56.0 Å². The van der Waals surface area contributed by atoms with Crippen LogP contribution >= 0.6 is 0 Å². The van der Waals surface area contributed by atoms with Gasteiger partial charge in [-0.15, -0.1) is 0 Å². The Balaban J connectivity index is 1.57.